The molecule has 8 nitrogen and oxygen atoms in total. The lowest BCUT2D eigenvalue weighted by Gasteiger charge is -2.28. The predicted octanol–water partition coefficient (Wildman–Crippen LogP) is 0.949. The van der Waals surface area contributed by atoms with Gasteiger partial charge in [-0.15, -0.1) is 11.3 Å². The highest BCUT2D eigenvalue weighted by Crippen LogP contribution is 2.31. The Balaban J connectivity index is 1.69. The van der Waals surface area contributed by atoms with Crippen LogP contribution in [0.5, 0.6) is 0 Å². The van der Waals surface area contributed by atoms with Crippen LogP contribution in [0, 0.1) is 0 Å². The summed E-state index contributed by atoms with van der Waals surface area (Å²) in [6.07, 6.45) is 5.43. The number of anilines is 2. The second kappa shape index (κ2) is 6.75. The zero-order valence-electron chi connectivity index (χ0n) is 14.6. The Morgan fingerprint density at radius 2 is 2.23 bits per heavy atom. The Bertz CT molecular complexity index is 921. The average Bonchev–Trinajstić information content (AvgIpc) is 3.00. The minimum absolute atomic E-state index is 0.0922. The highest BCUT2D eigenvalue weighted by Gasteiger charge is 2.28. The molecular formula is C16H22N6O2S2. The third-order valence-electron chi connectivity index (χ3n) is 4.88. The summed E-state index contributed by atoms with van der Waals surface area (Å²) >= 11 is 1.49. The summed E-state index contributed by atoms with van der Waals surface area (Å²) in [5.41, 5.74) is 7.50. The van der Waals surface area contributed by atoms with Crippen LogP contribution in [0.2, 0.25) is 0 Å². The van der Waals surface area contributed by atoms with Crippen LogP contribution in [0.15, 0.2) is 11.1 Å². The lowest BCUT2D eigenvalue weighted by Crippen LogP contribution is -2.33. The molecule has 0 bridgehead atoms. The van der Waals surface area contributed by atoms with Gasteiger partial charge in [0, 0.05) is 36.6 Å². The smallest absolute Gasteiger partial charge is 0.225 e. The molecule has 10 heteroatoms. The van der Waals surface area contributed by atoms with Crippen molar-refractivity contribution in [2.75, 3.05) is 36.5 Å². The van der Waals surface area contributed by atoms with Gasteiger partial charge < -0.3 is 16.0 Å². The third kappa shape index (κ3) is 3.40. The van der Waals surface area contributed by atoms with E-state index >= 15 is 0 Å². The summed E-state index contributed by atoms with van der Waals surface area (Å²) in [5, 5.41) is 3.92. The summed E-state index contributed by atoms with van der Waals surface area (Å²) in [4.78, 5) is 16.9. The summed E-state index contributed by atoms with van der Waals surface area (Å²) in [7, 11) is -3.37. The lowest BCUT2D eigenvalue weighted by molar-refractivity contribution is 0.447. The number of nitrogen functional groups attached to an aromatic ring is 1. The molecule has 0 amide bonds. The SMILES string of the molecule is CS(=O)(=O)c1cnc(N2CCc3nc(N)sc3C2)nc1C1CCCNC1. The van der Waals surface area contributed by atoms with Crippen LogP contribution in [0.1, 0.15) is 35.0 Å². The fourth-order valence-corrected chi connectivity index (χ4v) is 5.31. The van der Waals surface area contributed by atoms with Crippen LogP contribution in [-0.4, -0.2) is 49.3 Å². The monoisotopic (exact) mass is 394 g/mol. The van der Waals surface area contributed by atoms with E-state index in [9.17, 15) is 8.42 Å². The van der Waals surface area contributed by atoms with Gasteiger partial charge in [-0.3, -0.25) is 0 Å². The lowest BCUT2D eigenvalue weighted by atomic mass is 9.96. The summed E-state index contributed by atoms with van der Waals surface area (Å²) < 4.78 is 24.4. The number of sulfone groups is 1. The molecule has 3 N–H and O–H groups in total. The van der Waals surface area contributed by atoms with E-state index in [0.29, 0.717) is 23.3 Å². The van der Waals surface area contributed by atoms with Crippen molar-refractivity contribution in [2.24, 2.45) is 0 Å². The van der Waals surface area contributed by atoms with Gasteiger partial charge in [-0.25, -0.2) is 23.4 Å². The van der Waals surface area contributed by atoms with E-state index in [4.69, 9.17) is 10.7 Å². The largest absolute Gasteiger partial charge is 0.375 e. The van der Waals surface area contributed by atoms with Gasteiger partial charge in [-0.1, -0.05) is 0 Å². The average molecular weight is 395 g/mol. The number of thiazole rings is 1. The highest BCUT2D eigenvalue weighted by molar-refractivity contribution is 7.90. The molecule has 2 aromatic rings. The first-order valence-corrected chi connectivity index (χ1v) is 11.4. The van der Waals surface area contributed by atoms with Crippen molar-refractivity contribution in [3.8, 4) is 0 Å². The summed E-state index contributed by atoms with van der Waals surface area (Å²) in [6, 6.07) is 0. The number of aromatic nitrogens is 3. The Morgan fingerprint density at radius 3 is 2.96 bits per heavy atom. The van der Waals surface area contributed by atoms with Gasteiger partial charge in [0.15, 0.2) is 15.0 Å². The van der Waals surface area contributed by atoms with Crippen LogP contribution < -0.4 is 16.0 Å². The maximum atomic E-state index is 12.2. The first-order valence-electron chi connectivity index (χ1n) is 8.68. The van der Waals surface area contributed by atoms with Crippen LogP contribution in [-0.2, 0) is 22.8 Å². The number of rotatable bonds is 3. The van der Waals surface area contributed by atoms with Gasteiger partial charge in [0.25, 0.3) is 0 Å². The van der Waals surface area contributed by atoms with Crippen molar-refractivity contribution >= 4 is 32.3 Å². The van der Waals surface area contributed by atoms with Crippen LogP contribution in [0.4, 0.5) is 11.1 Å². The molecule has 1 atom stereocenters. The predicted molar refractivity (Wildman–Crippen MR) is 101 cm³/mol. The summed E-state index contributed by atoms with van der Waals surface area (Å²) in [6.45, 7) is 3.11. The van der Waals surface area contributed by atoms with Crippen LogP contribution in [0.25, 0.3) is 0 Å². The molecule has 4 rings (SSSR count). The number of hydrogen-bond donors (Lipinski definition) is 2. The fraction of sp³-hybridized carbons (Fsp3) is 0.562. The number of hydrogen-bond acceptors (Lipinski definition) is 9. The van der Waals surface area contributed by atoms with E-state index in [-0.39, 0.29) is 10.8 Å². The normalized spacial score (nSPS) is 20.8. The molecule has 0 aliphatic carbocycles. The van der Waals surface area contributed by atoms with E-state index in [0.717, 1.165) is 49.5 Å². The molecular weight excluding hydrogens is 372 g/mol. The Morgan fingerprint density at radius 1 is 1.38 bits per heavy atom. The molecule has 0 spiro atoms. The second-order valence-electron chi connectivity index (χ2n) is 6.83. The Labute approximate surface area is 156 Å². The van der Waals surface area contributed by atoms with E-state index < -0.39 is 9.84 Å². The number of piperidine rings is 1. The van der Waals surface area contributed by atoms with Gasteiger partial charge >= 0.3 is 0 Å². The van der Waals surface area contributed by atoms with E-state index in [1.54, 1.807) is 0 Å². The molecule has 0 saturated carbocycles. The number of fused-ring (bicyclic) bond motifs is 1. The fourth-order valence-electron chi connectivity index (χ4n) is 3.58. The molecule has 1 saturated heterocycles. The molecule has 4 heterocycles. The van der Waals surface area contributed by atoms with Gasteiger partial charge in [-0.05, 0) is 19.4 Å². The standard InChI is InChI=1S/C16H22N6O2S2/c1-26(23,24)13-8-19-16(21-14(13)10-3-2-5-18-7-10)22-6-4-11-12(9-22)25-15(17)20-11/h8,10,18H,2-7,9H2,1H3,(H2,17,20). The van der Waals surface area contributed by atoms with Gasteiger partial charge in [0.1, 0.15) is 4.90 Å². The van der Waals surface area contributed by atoms with E-state index in [1.165, 1.54) is 23.8 Å². The van der Waals surface area contributed by atoms with Crippen molar-refractivity contribution < 1.29 is 8.42 Å². The number of nitrogens with one attached hydrogen (secondary N) is 1. The maximum absolute atomic E-state index is 12.2. The number of nitrogens with two attached hydrogens (primary N) is 1. The van der Waals surface area contributed by atoms with Crippen molar-refractivity contribution in [3.05, 3.63) is 22.5 Å². The topological polar surface area (TPSA) is 114 Å². The first-order chi connectivity index (χ1) is 12.4. The molecule has 1 unspecified atom stereocenters. The van der Waals surface area contributed by atoms with Crippen molar-refractivity contribution in [1.82, 2.24) is 20.3 Å². The molecule has 26 heavy (non-hydrogen) atoms. The van der Waals surface area contributed by atoms with Crippen molar-refractivity contribution in [1.29, 1.82) is 0 Å². The molecule has 2 aliphatic rings. The summed E-state index contributed by atoms with van der Waals surface area (Å²) in [5.74, 6) is 0.672. The molecule has 2 aliphatic heterocycles. The Kier molecular flexibility index (Phi) is 4.57. The minimum Gasteiger partial charge on any atom is -0.375 e. The van der Waals surface area contributed by atoms with Crippen molar-refractivity contribution in [2.45, 2.75) is 36.6 Å². The van der Waals surface area contributed by atoms with Gasteiger partial charge in [0.05, 0.1) is 24.1 Å². The van der Waals surface area contributed by atoms with Gasteiger partial charge in [0.2, 0.25) is 5.95 Å². The maximum Gasteiger partial charge on any atom is 0.225 e. The first kappa shape index (κ1) is 17.6. The second-order valence-corrected chi connectivity index (χ2v) is 9.93. The molecule has 1 fully saturated rings. The molecule has 0 radical (unpaired) electrons. The molecule has 2 aromatic heterocycles. The zero-order valence-corrected chi connectivity index (χ0v) is 16.2. The van der Waals surface area contributed by atoms with Crippen LogP contribution >= 0.6 is 11.3 Å². The quantitative estimate of drug-likeness (QED) is 0.791. The third-order valence-corrected chi connectivity index (χ3v) is 6.91. The Hall–Kier alpha value is -1.78. The van der Waals surface area contributed by atoms with E-state index in [1.807, 2.05) is 0 Å². The molecule has 0 aromatic carbocycles. The van der Waals surface area contributed by atoms with Crippen molar-refractivity contribution in [3.63, 3.8) is 0 Å². The molecule has 140 valence electrons. The van der Waals surface area contributed by atoms with E-state index in [2.05, 4.69) is 20.2 Å². The van der Waals surface area contributed by atoms with Gasteiger partial charge in [-0.2, -0.15) is 0 Å². The van der Waals surface area contributed by atoms with Crippen LogP contribution in [0.3, 0.4) is 0 Å². The minimum atomic E-state index is -3.37. The zero-order chi connectivity index (χ0) is 18.3. The highest BCUT2D eigenvalue weighted by atomic mass is 32.2. The number of nitrogens with zero attached hydrogens (tertiary/aromatic N) is 4.